The van der Waals surface area contributed by atoms with E-state index in [1.165, 1.54) is 28.7 Å². The molecule has 0 atom stereocenters. The quantitative estimate of drug-likeness (QED) is 0.448. The maximum Gasteiger partial charge on any atom is 0.234 e. The number of para-hydroxylation sites is 1. The van der Waals surface area contributed by atoms with Gasteiger partial charge in [0.15, 0.2) is 4.34 Å². The zero-order valence-corrected chi connectivity index (χ0v) is 20.5. The molecule has 10 heteroatoms. The Morgan fingerprint density at radius 1 is 0.909 bits per heavy atom. The molecule has 7 nitrogen and oxygen atoms in total. The fraction of sp³-hybridized carbons (Fsp3) is 0.304. The maximum atomic E-state index is 12.5. The smallest absolute Gasteiger partial charge is 0.234 e. The second-order valence-electron chi connectivity index (χ2n) is 7.40. The lowest BCUT2D eigenvalue weighted by Gasteiger charge is -2.34. The summed E-state index contributed by atoms with van der Waals surface area (Å²) in [5.74, 6) is 1.75. The minimum atomic E-state index is -0.0692. The Bertz CT molecular complexity index is 1040. The van der Waals surface area contributed by atoms with Crippen molar-refractivity contribution in [3.05, 3.63) is 66.2 Å². The zero-order valence-electron chi connectivity index (χ0n) is 18.1. The first-order chi connectivity index (χ1) is 16.2. The van der Waals surface area contributed by atoms with Gasteiger partial charge >= 0.3 is 0 Å². The van der Waals surface area contributed by atoms with Crippen LogP contribution in [0.5, 0.6) is 0 Å². The highest BCUT2D eigenvalue weighted by atomic mass is 32.2. The van der Waals surface area contributed by atoms with Gasteiger partial charge in [-0.25, -0.2) is 0 Å². The first kappa shape index (κ1) is 23.6. The Morgan fingerprint density at radius 2 is 1.61 bits per heavy atom. The molecule has 2 amide bonds. The first-order valence-electron chi connectivity index (χ1n) is 10.6. The topological polar surface area (TPSA) is 78.4 Å². The van der Waals surface area contributed by atoms with Gasteiger partial charge in [0.05, 0.1) is 11.5 Å². The lowest BCUT2D eigenvalue weighted by atomic mass is 10.2. The molecule has 33 heavy (non-hydrogen) atoms. The summed E-state index contributed by atoms with van der Waals surface area (Å²) in [6, 6.07) is 19.6. The Balaban J connectivity index is 1.17. The summed E-state index contributed by atoms with van der Waals surface area (Å²) < 4.78 is 0.768. The molecule has 0 saturated carbocycles. The van der Waals surface area contributed by atoms with E-state index in [4.69, 9.17) is 0 Å². The van der Waals surface area contributed by atoms with Crippen LogP contribution in [0.1, 0.15) is 5.56 Å². The van der Waals surface area contributed by atoms with Crippen LogP contribution in [-0.2, 0) is 15.3 Å². The number of benzene rings is 2. The molecule has 2 aromatic carbocycles. The van der Waals surface area contributed by atoms with E-state index in [1.54, 1.807) is 11.8 Å². The number of anilines is 2. The molecular weight excluding hydrogens is 474 g/mol. The van der Waals surface area contributed by atoms with Crippen LogP contribution in [0.25, 0.3) is 0 Å². The highest BCUT2D eigenvalue weighted by Crippen LogP contribution is 2.28. The van der Waals surface area contributed by atoms with Crippen LogP contribution in [-0.4, -0.2) is 64.6 Å². The summed E-state index contributed by atoms with van der Waals surface area (Å²) in [6.45, 7) is 2.85. The van der Waals surface area contributed by atoms with E-state index >= 15 is 0 Å². The van der Waals surface area contributed by atoms with E-state index in [0.717, 1.165) is 34.0 Å². The highest BCUT2D eigenvalue weighted by Gasteiger charge is 2.23. The van der Waals surface area contributed by atoms with Gasteiger partial charge in [-0.2, -0.15) is 0 Å². The molecule has 1 saturated heterocycles. The number of nitrogens with one attached hydrogen (secondary N) is 1. The van der Waals surface area contributed by atoms with Crippen molar-refractivity contribution in [2.45, 2.75) is 10.1 Å². The van der Waals surface area contributed by atoms with Crippen LogP contribution < -0.4 is 10.2 Å². The van der Waals surface area contributed by atoms with Crippen LogP contribution in [0.4, 0.5) is 10.8 Å². The highest BCUT2D eigenvalue weighted by molar-refractivity contribution is 8.01. The second-order valence-corrected chi connectivity index (χ2v) is 10.6. The second kappa shape index (κ2) is 12.1. The van der Waals surface area contributed by atoms with E-state index < -0.39 is 0 Å². The number of nitrogens with zero attached hydrogens (tertiary/aromatic N) is 4. The minimum absolute atomic E-state index is 0.0692. The minimum Gasteiger partial charge on any atom is -0.343 e. The van der Waals surface area contributed by atoms with E-state index in [2.05, 4.69) is 32.5 Å². The number of rotatable bonds is 9. The molecule has 4 rings (SSSR count). The Morgan fingerprint density at radius 3 is 2.33 bits per heavy atom. The summed E-state index contributed by atoms with van der Waals surface area (Å²) in [6.07, 6.45) is 0. The van der Waals surface area contributed by atoms with Crippen LogP contribution in [0.15, 0.2) is 65.0 Å². The van der Waals surface area contributed by atoms with Crippen molar-refractivity contribution < 1.29 is 9.59 Å². The summed E-state index contributed by atoms with van der Waals surface area (Å²) in [5, 5.41) is 12.2. The Labute approximate surface area is 206 Å². The van der Waals surface area contributed by atoms with Crippen molar-refractivity contribution in [2.24, 2.45) is 0 Å². The summed E-state index contributed by atoms with van der Waals surface area (Å²) in [7, 11) is 0. The molecule has 0 unspecified atom stereocenters. The standard InChI is InChI=1S/C23H25N5O2S3/c29-20(24-19-9-5-2-6-10-19)16-32-23-26-25-22(33-23)28-13-11-27(12-14-28)21(30)17-31-15-18-7-3-1-4-8-18/h1-10H,11-17H2,(H,24,29). The van der Waals surface area contributed by atoms with Crippen molar-refractivity contribution >= 4 is 57.5 Å². The largest absolute Gasteiger partial charge is 0.343 e. The molecule has 0 spiro atoms. The average Bonchev–Trinajstić information content (AvgIpc) is 3.33. The molecule has 1 aliphatic heterocycles. The maximum absolute atomic E-state index is 12.5. The molecule has 1 fully saturated rings. The first-order valence-corrected chi connectivity index (χ1v) is 13.6. The van der Waals surface area contributed by atoms with Gasteiger partial charge in [0.1, 0.15) is 0 Å². The summed E-state index contributed by atoms with van der Waals surface area (Å²) in [4.78, 5) is 28.7. The molecule has 3 aromatic rings. The van der Waals surface area contributed by atoms with Crippen LogP contribution >= 0.6 is 34.9 Å². The van der Waals surface area contributed by atoms with Crippen molar-refractivity contribution in [1.29, 1.82) is 0 Å². The van der Waals surface area contributed by atoms with E-state index in [-0.39, 0.29) is 17.6 Å². The van der Waals surface area contributed by atoms with Crippen molar-refractivity contribution in [3.63, 3.8) is 0 Å². The molecule has 1 N–H and O–H groups in total. The molecule has 1 aliphatic rings. The van der Waals surface area contributed by atoms with Crippen molar-refractivity contribution in [2.75, 3.05) is 47.9 Å². The van der Waals surface area contributed by atoms with Gasteiger partial charge in [-0.3, -0.25) is 9.59 Å². The number of hydrogen-bond acceptors (Lipinski definition) is 8. The van der Waals surface area contributed by atoms with Gasteiger partial charge < -0.3 is 15.1 Å². The van der Waals surface area contributed by atoms with E-state index in [1.807, 2.05) is 53.4 Å². The number of piperazine rings is 1. The van der Waals surface area contributed by atoms with E-state index in [0.29, 0.717) is 18.8 Å². The van der Waals surface area contributed by atoms with Crippen molar-refractivity contribution in [3.8, 4) is 0 Å². The fourth-order valence-corrected chi connectivity index (χ4v) is 5.88. The summed E-state index contributed by atoms with van der Waals surface area (Å²) in [5.41, 5.74) is 2.02. The molecule has 2 heterocycles. The number of carbonyl (C=O) groups excluding carboxylic acids is 2. The molecule has 1 aromatic heterocycles. The molecule has 172 valence electrons. The van der Waals surface area contributed by atoms with Gasteiger partial charge in [0.2, 0.25) is 16.9 Å². The third-order valence-corrected chi connectivity index (χ3v) is 8.13. The SMILES string of the molecule is O=C(CSc1nnc(N2CCN(C(=O)CSCc3ccccc3)CC2)s1)Nc1ccccc1. The van der Waals surface area contributed by atoms with Gasteiger partial charge in [0.25, 0.3) is 0 Å². The predicted molar refractivity (Wildman–Crippen MR) is 137 cm³/mol. The molecule has 0 radical (unpaired) electrons. The van der Waals surface area contributed by atoms with Gasteiger partial charge in [0, 0.05) is 37.6 Å². The summed E-state index contributed by atoms with van der Waals surface area (Å²) >= 11 is 4.53. The number of amides is 2. The number of aromatic nitrogens is 2. The van der Waals surface area contributed by atoms with Gasteiger partial charge in [-0.05, 0) is 17.7 Å². The number of carbonyl (C=O) groups is 2. The van der Waals surface area contributed by atoms with Gasteiger partial charge in [-0.15, -0.1) is 22.0 Å². The fourth-order valence-electron chi connectivity index (χ4n) is 3.30. The zero-order chi connectivity index (χ0) is 22.9. The Kier molecular flexibility index (Phi) is 8.62. The van der Waals surface area contributed by atoms with E-state index in [9.17, 15) is 9.59 Å². The monoisotopic (exact) mass is 499 g/mol. The lowest BCUT2D eigenvalue weighted by Crippen LogP contribution is -2.49. The third-order valence-electron chi connectivity index (χ3n) is 5.02. The Hall–Kier alpha value is -2.56. The van der Waals surface area contributed by atoms with Crippen LogP contribution in [0.2, 0.25) is 0 Å². The average molecular weight is 500 g/mol. The van der Waals surface area contributed by atoms with Crippen molar-refractivity contribution in [1.82, 2.24) is 15.1 Å². The van der Waals surface area contributed by atoms with Crippen LogP contribution in [0.3, 0.4) is 0 Å². The molecule has 0 bridgehead atoms. The third kappa shape index (κ3) is 7.21. The molecular formula is C23H25N5O2S3. The number of hydrogen-bond donors (Lipinski definition) is 1. The normalized spacial score (nSPS) is 13.7. The van der Waals surface area contributed by atoms with Crippen LogP contribution in [0, 0.1) is 0 Å². The predicted octanol–water partition coefficient (Wildman–Crippen LogP) is 3.85. The number of thioether (sulfide) groups is 2. The molecule has 0 aliphatic carbocycles. The van der Waals surface area contributed by atoms with Gasteiger partial charge in [-0.1, -0.05) is 71.6 Å². The lowest BCUT2D eigenvalue weighted by molar-refractivity contribution is -0.128.